The van der Waals surface area contributed by atoms with E-state index in [2.05, 4.69) is 13.2 Å². The predicted octanol–water partition coefficient (Wildman–Crippen LogP) is 4.35. The lowest BCUT2D eigenvalue weighted by molar-refractivity contribution is -0.134. The van der Waals surface area contributed by atoms with Gasteiger partial charge in [-0.1, -0.05) is 37.4 Å². The van der Waals surface area contributed by atoms with Gasteiger partial charge in [-0.25, -0.2) is 9.59 Å². The summed E-state index contributed by atoms with van der Waals surface area (Å²) in [5.41, 5.74) is 2.04. The van der Waals surface area contributed by atoms with Crippen LogP contribution in [-0.2, 0) is 14.3 Å². The monoisotopic (exact) mass is 324 g/mol. The van der Waals surface area contributed by atoms with Crippen LogP contribution in [0.4, 0.5) is 0 Å². The van der Waals surface area contributed by atoms with Gasteiger partial charge in [-0.3, -0.25) is 0 Å². The average Bonchev–Trinajstić information content (AvgIpc) is 2.55. The summed E-state index contributed by atoms with van der Waals surface area (Å²) in [5.74, 6) is -0.127. The van der Waals surface area contributed by atoms with Crippen molar-refractivity contribution in [2.24, 2.45) is 0 Å². The number of hydrogen-bond acceptors (Lipinski definition) is 4. The fourth-order valence-corrected chi connectivity index (χ4v) is 2.14. The molecular weight excluding hydrogens is 304 g/mol. The molecule has 0 aliphatic heterocycles. The van der Waals surface area contributed by atoms with Crippen LogP contribution in [0.5, 0.6) is 5.75 Å². The van der Waals surface area contributed by atoms with E-state index in [1.165, 1.54) is 0 Å². The van der Waals surface area contributed by atoms with E-state index in [0.717, 1.165) is 18.4 Å². The number of carbonyl (C=O) groups is 2. The summed E-state index contributed by atoms with van der Waals surface area (Å²) in [7, 11) is 0. The molecule has 1 aliphatic carbocycles. The van der Waals surface area contributed by atoms with Crippen molar-refractivity contribution >= 4 is 17.5 Å². The van der Waals surface area contributed by atoms with E-state index in [9.17, 15) is 9.59 Å². The van der Waals surface area contributed by atoms with Crippen molar-refractivity contribution in [1.29, 1.82) is 0 Å². The van der Waals surface area contributed by atoms with E-state index in [1.54, 1.807) is 26.0 Å². The summed E-state index contributed by atoms with van der Waals surface area (Å²) in [6, 6.07) is 7.13. The predicted molar refractivity (Wildman–Crippen MR) is 93.1 cm³/mol. The van der Waals surface area contributed by atoms with E-state index < -0.39 is 11.9 Å². The van der Waals surface area contributed by atoms with Crippen LogP contribution in [0.1, 0.15) is 32.3 Å². The Hall–Kier alpha value is -2.88. The van der Waals surface area contributed by atoms with Crippen molar-refractivity contribution in [2.75, 3.05) is 0 Å². The maximum atomic E-state index is 11.9. The van der Waals surface area contributed by atoms with E-state index in [0.29, 0.717) is 28.2 Å². The minimum atomic E-state index is -0.497. The van der Waals surface area contributed by atoms with Gasteiger partial charge >= 0.3 is 11.9 Å². The number of carbonyl (C=O) groups excluding carboxylic acids is 2. The Morgan fingerprint density at radius 3 is 2.17 bits per heavy atom. The number of para-hydroxylation sites is 1. The van der Waals surface area contributed by atoms with Gasteiger partial charge < -0.3 is 9.47 Å². The highest BCUT2D eigenvalue weighted by Crippen LogP contribution is 2.35. The Balaban J connectivity index is 2.35. The third-order valence-corrected chi connectivity index (χ3v) is 3.39. The molecule has 4 heteroatoms. The average molecular weight is 324 g/mol. The summed E-state index contributed by atoms with van der Waals surface area (Å²) in [4.78, 5) is 23.7. The molecule has 1 aromatic carbocycles. The Bertz CT molecular complexity index is 766. The molecule has 0 amide bonds. The third-order valence-electron chi connectivity index (χ3n) is 3.39. The normalized spacial score (nSPS) is 13.4. The number of esters is 2. The lowest BCUT2D eigenvalue weighted by atomic mass is 9.97. The lowest BCUT2D eigenvalue weighted by Gasteiger charge is -2.18. The van der Waals surface area contributed by atoms with Crippen molar-refractivity contribution in [2.45, 2.75) is 26.7 Å². The van der Waals surface area contributed by atoms with Crippen molar-refractivity contribution in [3.05, 3.63) is 72.0 Å². The zero-order valence-corrected chi connectivity index (χ0v) is 13.9. The second-order valence-electron chi connectivity index (χ2n) is 5.60. The van der Waals surface area contributed by atoms with E-state index in [1.807, 2.05) is 24.3 Å². The lowest BCUT2D eigenvalue weighted by Crippen LogP contribution is -2.12. The molecule has 24 heavy (non-hydrogen) atoms. The molecule has 0 N–H and O–H groups in total. The first-order valence-corrected chi connectivity index (χ1v) is 7.65. The topological polar surface area (TPSA) is 52.6 Å². The summed E-state index contributed by atoms with van der Waals surface area (Å²) in [6.07, 6.45) is 5.41. The van der Waals surface area contributed by atoms with Gasteiger partial charge in [-0.15, -0.1) is 0 Å². The zero-order chi connectivity index (χ0) is 17.7. The molecule has 0 atom stereocenters. The van der Waals surface area contributed by atoms with Crippen LogP contribution < -0.4 is 4.74 Å². The fourth-order valence-electron chi connectivity index (χ4n) is 2.14. The van der Waals surface area contributed by atoms with Crippen molar-refractivity contribution in [3.63, 3.8) is 0 Å². The smallest absolute Gasteiger partial charge is 0.338 e. The first-order valence-electron chi connectivity index (χ1n) is 7.65. The van der Waals surface area contributed by atoms with Gasteiger partial charge in [0.15, 0.2) is 0 Å². The van der Waals surface area contributed by atoms with Crippen LogP contribution in [0.2, 0.25) is 0 Å². The molecule has 2 rings (SSSR count). The number of ether oxygens (including phenoxy) is 2. The largest absolute Gasteiger partial charge is 0.423 e. The highest BCUT2D eigenvalue weighted by molar-refractivity contribution is 5.93. The molecule has 0 radical (unpaired) electrons. The molecule has 1 aromatic rings. The molecule has 1 aliphatic rings. The van der Waals surface area contributed by atoms with Crippen LogP contribution >= 0.6 is 0 Å². The molecule has 0 saturated carbocycles. The molecule has 0 heterocycles. The first-order chi connectivity index (χ1) is 11.4. The van der Waals surface area contributed by atoms with E-state index in [4.69, 9.17) is 9.47 Å². The van der Waals surface area contributed by atoms with Crippen molar-refractivity contribution in [3.8, 4) is 5.75 Å². The fraction of sp³-hybridized carbons (Fsp3) is 0.200. The van der Waals surface area contributed by atoms with Crippen molar-refractivity contribution < 1.29 is 19.1 Å². The molecule has 0 aromatic heterocycles. The number of allylic oxidation sites excluding steroid dienone is 3. The minimum Gasteiger partial charge on any atom is -0.423 e. The van der Waals surface area contributed by atoms with E-state index in [-0.39, 0.29) is 0 Å². The molecule has 4 nitrogen and oxygen atoms in total. The van der Waals surface area contributed by atoms with Gasteiger partial charge in [0.1, 0.15) is 11.5 Å². The second kappa shape index (κ2) is 7.59. The van der Waals surface area contributed by atoms with Gasteiger partial charge in [0.05, 0.1) is 0 Å². The summed E-state index contributed by atoms with van der Waals surface area (Å²) >= 11 is 0. The Morgan fingerprint density at radius 2 is 1.50 bits per heavy atom. The van der Waals surface area contributed by atoms with Crippen LogP contribution in [0.25, 0.3) is 5.57 Å². The van der Waals surface area contributed by atoms with Crippen molar-refractivity contribution in [1.82, 2.24) is 0 Å². The standard InChI is InChI=1S/C20H20O4/c1-13(2)19(21)23-17-11-7-5-9-15(17)16-10-6-8-12-18(16)24-20(22)14(3)4/h5,7,9-12H,1,3,6,8H2,2,4H3. The van der Waals surface area contributed by atoms with E-state index >= 15 is 0 Å². The minimum absolute atomic E-state index is 0.312. The molecule has 0 bridgehead atoms. The molecular formula is C20H20O4. The Morgan fingerprint density at radius 1 is 0.917 bits per heavy atom. The SMILES string of the molecule is C=C(C)C(=O)OC1=CCCC=C1c1ccccc1OC(=O)C(=C)C. The summed E-state index contributed by atoms with van der Waals surface area (Å²) < 4.78 is 10.8. The molecule has 0 spiro atoms. The maximum absolute atomic E-state index is 11.9. The number of rotatable bonds is 5. The number of hydrogen-bond donors (Lipinski definition) is 0. The Kier molecular flexibility index (Phi) is 5.53. The van der Waals surface area contributed by atoms with Crippen LogP contribution in [-0.4, -0.2) is 11.9 Å². The zero-order valence-electron chi connectivity index (χ0n) is 13.9. The van der Waals surface area contributed by atoms with Gasteiger partial charge in [-0.05, 0) is 38.8 Å². The van der Waals surface area contributed by atoms with Crippen LogP contribution in [0.15, 0.2) is 66.5 Å². The molecule has 0 saturated heterocycles. The summed E-state index contributed by atoms with van der Waals surface area (Å²) in [6.45, 7) is 10.4. The maximum Gasteiger partial charge on any atom is 0.338 e. The Labute approximate surface area is 141 Å². The highest BCUT2D eigenvalue weighted by atomic mass is 16.5. The van der Waals surface area contributed by atoms with Crippen LogP contribution in [0.3, 0.4) is 0 Å². The molecule has 0 unspecified atom stereocenters. The first kappa shape index (κ1) is 17.5. The van der Waals surface area contributed by atoms with Gasteiger partial charge in [0.25, 0.3) is 0 Å². The second-order valence-corrected chi connectivity index (χ2v) is 5.60. The molecule has 0 fully saturated rings. The van der Waals surface area contributed by atoms with Crippen LogP contribution in [0, 0.1) is 0 Å². The number of benzene rings is 1. The highest BCUT2D eigenvalue weighted by Gasteiger charge is 2.20. The van der Waals surface area contributed by atoms with Gasteiger partial charge in [-0.2, -0.15) is 0 Å². The van der Waals surface area contributed by atoms with Gasteiger partial charge in [0, 0.05) is 22.3 Å². The molecule has 124 valence electrons. The quantitative estimate of drug-likeness (QED) is 0.459. The summed E-state index contributed by atoms with van der Waals surface area (Å²) in [5, 5.41) is 0. The third kappa shape index (κ3) is 4.10. The van der Waals surface area contributed by atoms with Gasteiger partial charge in [0.2, 0.25) is 0 Å².